The fourth-order valence-corrected chi connectivity index (χ4v) is 2.42. The third kappa shape index (κ3) is 3.19. The second-order valence-electron chi connectivity index (χ2n) is 4.90. The molecule has 20 heavy (non-hydrogen) atoms. The van der Waals surface area contributed by atoms with Crippen LogP contribution in [0.1, 0.15) is 36.0 Å². The summed E-state index contributed by atoms with van der Waals surface area (Å²) >= 11 is 3.45. The van der Waals surface area contributed by atoms with E-state index in [1.54, 1.807) is 0 Å². The molecule has 0 amide bonds. The summed E-state index contributed by atoms with van der Waals surface area (Å²) < 4.78 is 12.0. The van der Waals surface area contributed by atoms with E-state index in [2.05, 4.69) is 26.1 Å². The molecular formula is C14H16BrN3O2. The van der Waals surface area contributed by atoms with E-state index < -0.39 is 0 Å². The molecule has 5 nitrogen and oxygen atoms in total. The van der Waals surface area contributed by atoms with E-state index in [4.69, 9.17) is 15.0 Å². The molecule has 0 radical (unpaired) electrons. The number of nitrogens with zero attached hydrogens (tertiary/aromatic N) is 2. The highest BCUT2D eigenvalue weighted by Crippen LogP contribution is 2.38. The van der Waals surface area contributed by atoms with Gasteiger partial charge in [-0.2, -0.15) is 4.98 Å². The van der Waals surface area contributed by atoms with Gasteiger partial charge in [-0.1, -0.05) is 21.1 Å². The monoisotopic (exact) mass is 337 g/mol. The minimum Gasteiger partial charge on any atom is -0.483 e. The molecule has 1 aromatic carbocycles. The fourth-order valence-electron chi connectivity index (χ4n) is 2.01. The lowest BCUT2D eigenvalue weighted by Crippen LogP contribution is -2.05. The molecule has 1 saturated carbocycles. The maximum Gasteiger partial charge on any atom is 0.264 e. The molecule has 0 aliphatic heterocycles. The Bertz CT molecular complexity index is 596. The maximum atomic E-state index is 5.77. The van der Waals surface area contributed by atoms with Gasteiger partial charge in [0.25, 0.3) is 5.89 Å². The van der Waals surface area contributed by atoms with E-state index >= 15 is 0 Å². The molecule has 2 N–H and O–H groups in total. The molecule has 2 aromatic rings. The Balaban J connectivity index is 1.67. The largest absolute Gasteiger partial charge is 0.483 e. The van der Waals surface area contributed by atoms with Crippen molar-refractivity contribution in [2.24, 2.45) is 5.73 Å². The summed E-state index contributed by atoms with van der Waals surface area (Å²) in [6.45, 7) is 0.873. The molecule has 1 heterocycles. The van der Waals surface area contributed by atoms with Gasteiger partial charge in [0, 0.05) is 10.4 Å². The summed E-state index contributed by atoms with van der Waals surface area (Å²) in [5, 5.41) is 3.97. The highest BCUT2D eigenvalue weighted by atomic mass is 79.9. The predicted octanol–water partition coefficient (Wildman–Crippen LogP) is 2.79. The van der Waals surface area contributed by atoms with Crippen molar-refractivity contribution in [1.29, 1.82) is 0 Å². The van der Waals surface area contributed by atoms with Crippen LogP contribution in [0.2, 0.25) is 0 Å². The first-order valence-electron chi connectivity index (χ1n) is 6.70. The molecule has 1 fully saturated rings. The smallest absolute Gasteiger partial charge is 0.264 e. The van der Waals surface area contributed by atoms with Crippen molar-refractivity contribution in [1.82, 2.24) is 10.1 Å². The van der Waals surface area contributed by atoms with E-state index in [-0.39, 0.29) is 0 Å². The minimum absolute atomic E-state index is 0.291. The molecule has 0 bridgehead atoms. The topological polar surface area (TPSA) is 74.2 Å². The average molecular weight is 338 g/mol. The van der Waals surface area contributed by atoms with E-state index in [0.29, 0.717) is 25.0 Å². The van der Waals surface area contributed by atoms with Crippen molar-refractivity contribution < 1.29 is 9.26 Å². The van der Waals surface area contributed by atoms with Gasteiger partial charge in [-0.3, -0.25) is 0 Å². The van der Waals surface area contributed by atoms with Crippen molar-refractivity contribution in [2.75, 3.05) is 6.54 Å². The van der Waals surface area contributed by atoms with Gasteiger partial charge < -0.3 is 15.0 Å². The molecule has 6 heteroatoms. The Kier molecular flexibility index (Phi) is 4.03. The molecule has 106 valence electrons. The van der Waals surface area contributed by atoms with Gasteiger partial charge >= 0.3 is 0 Å². The number of aromatic nitrogens is 2. The average Bonchev–Trinajstić information content (AvgIpc) is 3.18. The number of rotatable bonds is 6. The lowest BCUT2D eigenvalue weighted by atomic mass is 10.1. The highest BCUT2D eigenvalue weighted by molar-refractivity contribution is 9.10. The maximum absolute atomic E-state index is 5.77. The summed E-state index contributed by atoms with van der Waals surface area (Å²) in [6, 6.07) is 5.89. The van der Waals surface area contributed by atoms with Crippen LogP contribution in [0.3, 0.4) is 0 Å². The Hall–Kier alpha value is -1.40. The van der Waals surface area contributed by atoms with Crippen LogP contribution in [0.15, 0.2) is 27.2 Å². The van der Waals surface area contributed by atoms with Crippen LogP contribution < -0.4 is 10.5 Å². The Morgan fingerprint density at radius 3 is 3.00 bits per heavy atom. The third-order valence-electron chi connectivity index (χ3n) is 3.21. The number of ether oxygens (including phenoxy) is 1. The van der Waals surface area contributed by atoms with E-state index in [1.807, 2.05) is 18.2 Å². The van der Waals surface area contributed by atoms with Gasteiger partial charge in [-0.25, -0.2) is 0 Å². The van der Waals surface area contributed by atoms with Gasteiger partial charge in [0.1, 0.15) is 5.75 Å². The second-order valence-corrected chi connectivity index (χ2v) is 5.82. The van der Waals surface area contributed by atoms with Crippen molar-refractivity contribution >= 4 is 15.9 Å². The SMILES string of the molecule is NCCc1cc(Br)ccc1OCc1nc(C2CC2)no1. The first-order valence-corrected chi connectivity index (χ1v) is 7.49. The molecule has 0 saturated heterocycles. The van der Waals surface area contributed by atoms with Crippen LogP contribution in [0.25, 0.3) is 0 Å². The van der Waals surface area contributed by atoms with Crippen molar-refractivity contribution in [3.63, 3.8) is 0 Å². The molecule has 0 atom stereocenters. The zero-order valence-corrected chi connectivity index (χ0v) is 12.6. The lowest BCUT2D eigenvalue weighted by molar-refractivity contribution is 0.240. The van der Waals surface area contributed by atoms with Crippen LogP contribution in [-0.2, 0) is 13.0 Å². The van der Waals surface area contributed by atoms with Crippen LogP contribution in [-0.4, -0.2) is 16.7 Å². The van der Waals surface area contributed by atoms with E-state index in [9.17, 15) is 0 Å². The number of hydrogen-bond donors (Lipinski definition) is 1. The summed E-state index contributed by atoms with van der Waals surface area (Å²) in [5.74, 6) is 2.63. The molecule has 3 rings (SSSR count). The van der Waals surface area contributed by atoms with Crippen LogP contribution in [0.4, 0.5) is 0 Å². The molecule has 0 unspecified atom stereocenters. The molecular weight excluding hydrogens is 322 g/mol. The van der Waals surface area contributed by atoms with Crippen LogP contribution >= 0.6 is 15.9 Å². The van der Waals surface area contributed by atoms with Gasteiger partial charge in [0.05, 0.1) is 0 Å². The normalized spacial score (nSPS) is 14.5. The number of hydrogen-bond acceptors (Lipinski definition) is 5. The zero-order chi connectivity index (χ0) is 13.9. The lowest BCUT2D eigenvalue weighted by Gasteiger charge is -2.09. The second kappa shape index (κ2) is 5.93. The first-order chi connectivity index (χ1) is 9.76. The predicted molar refractivity (Wildman–Crippen MR) is 77.5 cm³/mol. The van der Waals surface area contributed by atoms with Crippen LogP contribution in [0, 0.1) is 0 Å². The zero-order valence-electron chi connectivity index (χ0n) is 11.0. The highest BCUT2D eigenvalue weighted by Gasteiger charge is 2.28. The fraction of sp³-hybridized carbons (Fsp3) is 0.429. The first kappa shape index (κ1) is 13.6. The number of benzene rings is 1. The minimum atomic E-state index is 0.291. The van der Waals surface area contributed by atoms with Gasteiger partial charge in [0.15, 0.2) is 12.4 Å². The molecule has 1 aliphatic carbocycles. The summed E-state index contributed by atoms with van der Waals surface area (Å²) in [7, 11) is 0. The number of nitrogens with two attached hydrogens (primary N) is 1. The Labute approximate surface area is 125 Å². The van der Waals surface area contributed by atoms with Crippen LogP contribution in [0.5, 0.6) is 5.75 Å². The molecule has 1 aliphatic rings. The van der Waals surface area contributed by atoms with E-state index in [1.165, 1.54) is 0 Å². The quantitative estimate of drug-likeness (QED) is 0.877. The van der Waals surface area contributed by atoms with Gasteiger partial charge in [-0.15, -0.1) is 0 Å². The van der Waals surface area contributed by atoms with Crippen molar-refractivity contribution in [3.8, 4) is 5.75 Å². The number of halogens is 1. The van der Waals surface area contributed by atoms with Gasteiger partial charge in [-0.05, 0) is 49.6 Å². The third-order valence-corrected chi connectivity index (χ3v) is 3.71. The van der Waals surface area contributed by atoms with E-state index in [0.717, 1.165) is 40.9 Å². The summed E-state index contributed by atoms with van der Waals surface area (Å²) in [6.07, 6.45) is 3.09. The summed E-state index contributed by atoms with van der Waals surface area (Å²) in [5.41, 5.74) is 6.69. The summed E-state index contributed by atoms with van der Waals surface area (Å²) in [4.78, 5) is 4.34. The van der Waals surface area contributed by atoms with Crippen molar-refractivity contribution in [2.45, 2.75) is 31.8 Å². The van der Waals surface area contributed by atoms with Crippen molar-refractivity contribution in [3.05, 3.63) is 40.0 Å². The Morgan fingerprint density at radius 1 is 1.40 bits per heavy atom. The van der Waals surface area contributed by atoms with Gasteiger partial charge in [0.2, 0.25) is 0 Å². The molecule has 1 aromatic heterocycles. The Morgan fingerprint density at radius 2 is 2.25 bits per heavy atom. The standard InChI is InChI=1S/C14H16BrN3O2/c15-11-3-4-12(10(7-11)5-6-16)19-8-13-17-14(18-20-13)9-1-2-9/h3-4,7,9H,1-2,5-6,8,16H2. The molecule has 0 spiro atoms.